The van der Waals surface area contributed by atoms with Gasteiger partial charge >= 0.3 is 0 Å². The molecule has 0 aliphatic carbocycles. The predicted molar refractivity (Wildman–Crippen MR) is 69.2 cm³/mol. The van der Waals surface area contributed by atoms with Gasteiger partial charge in [0.25, 0.3) is 0 Å². The Hall–Kier alpha value is 0.570. The molecule has 4 heteroatoms. The first-order chi connectivity index (χ1) is 6.43. The van der Waals surface area contributed by atoms with Crippen LogP contribution in [0.25, 0.3) is 0 Å². The van der Waals surface area contributed by atoms with Crippen molar-refractivity contribution in [3.8, 4) is 0 Å². The van der Waals surface area contributed by atoms with Gasteiger partial charge in [-0.1, -0.05) is 33.5 Å². The van der Waals surface area contributed by atoms with Crippen LogP contribution < -0.4 is 0 Å². The Morgan fingerprint density at radius 2 is 2.00 bits per heavy atom. The molecule has 0 spiro atoms. The van der Waals surface area contributed by atoms with Gasteiger partial charge in [0.2, 0.25) is 0 Å². The smallest absolute Gasteiger partial charge is 0.128 e. The normalized spacial score (nSPS) is 18.1. The molecule has 0 aromatic rings. The van der Waals surface area contributed by atoms with E-state index in [1.807, 2.05) is 12.9 Å². The summed E-state index contributed by atoms with van der Waals surface area (Å²) in [4.78, 5) is 0. The highest BCUT2D eigenvalue weighted by Crippen LogP contribution is 2.49. The second kappa shape index (κ2) is 6.95. The SMILES string of the molecule is C=P(C)(OSC)OC(CCC)C(C)C. The van der Waals surface area contributed by atoms with Crippen LogP contribution in [0, 0.1) is 5.92 Å². The predicted octanol–water partition coefficient (Wildman–Crippen LogP) is 4.03. The largest absolute Gasteiger partial charge is 0.333 e. The van der Waals surface area contributed by atoms with Crippen molar-refractivity contribution in [2.24, 2.45) is 5.92 Å². The fourth-order valence-corrected chi connectivity index (χ4v) is 3.58. The Kier molecular flexibility index (Phi) is 7.23. The van der Waals surface area contributed by atoms with Crippen molar-refractivity contribution in [2.45, 2.75) is 39.7 Å². The van der Waals surface area contributed by atoms with Crippen LogP contribution >= 0.6 is 19.4 Å². The van der Waals surface area contributed by atoms with Gasteiger partial charge in [0.15, 0.2) is 0 Å². The third-order valence-electron chi connectivity index (χ3n) is 1.91. The molecule has 0 amide bonds. The molecule has 14 heavy (non-hydrogen) atoms. The summed E-state index contributed by atoms with van der Waals surface area (Å²) in [5, 5.41) is 0. The maximum absolute atomic E-state index is 5.94. The molecule has 0 aliphatic rings. The Labute approximate surface area is 93.1 Å². The van der Waals surface area contributed by atoms with Crippen molar-refractivity contribution in [1.82, 2.24) is 0 Å². The molecule has 0 heterocycles. The van der Waals surface area contributed by atoms with Gasteiger partial charge in [-0.3, -0.25) is 3.97 Å². The van der Waals surface area contributed by atoms with Gasteiger partial charge in [-0.25, -0.2) is 0 Å². The van der Waals surface area contributed by atoms with Crippen LogP contribution in [0.3, 0.4) is 0 Å². The first-order valence-electron chi connectivity index (χ1n) is 5.04. The van der Waals surface area contributed by atoms with Crippen LogP contribution in [0.2, 0.25) is 0 Å². The Morgan fingerprint density at radius 1 is 1.43 bits per heavy atom. The fraction of sp³-hybridized carbons (Fsp3) is 0.900. The molecule has 2 atom stereocenters. The lowest BCUT2D eigenvalue weighted by Gasteiger charge is -2.27. The van der Waals surface area contributed by atoms with E-state index in [1.165, 1.54) is 12.0 Å². The quantitative estimate of drug-likeness (QED) is 0.493. The molecule has 0 saturated heterocycles. The zero-order valence-electron chi connectivity index (χ0n) is 9.95. The minimum atomic E-state index is -1.87. The zero-order chi connectivity index (χ0) is 11.2. The summed E-state index contributed by atoms with van der Waals surface area (Å²) >= 11 is 1.34. The molecular weight excluding hydrogens is 215 g/mol. The van der Waals surface area contributed by atoms with Crippen LogP contribution in [0.4, 0.5) is 0 Å². The summed E-state index contributed by atoms with van der Waals surface area (Å²) in [5.74, 6) is 0.529. The van der Waals surface area contributed by atoms with Crippen LogP contribution in [0.1, 0.15) is 33.6 Å². The molecule has 2 unspecified atom stereocenters. The molecule has 0 fully saturated rings. The van der Waals surface area contributed by atoms with E-state index < -0.39 is 7.34 Å². The van der Waals surface area contributed by atoms with Crippen molar-refractivity contribution in [1.29, 1.82) is 0 Å². The number of hydrogen-bond acceptors (Lipinski definition) is 3. The van der Waals surface area contributed by atoms with Crippen LogP contribution in [0.5, 0.6) is 0 Å². The third kappa shape index (κ3) is 6.13. The second-order valence-corrected chi connectivity index (χ2v) is 7.10. The maximum Gasteiger partial charge on any atom is 0.128 e. The minimum Gasteiger partial charge on any atom is -0.333 e. The van der Waals surface area contributed by atoms with Crippen molar-refractivity contribution < 1.29 is 8.49 Å². The molecule has 0 aromatic heterocycles. The topological polar surface area (TPSA) is 18.5 Å². The van der Waals surface area contributed by atoms with Crippen LogP contribution in [-0.2, 0) is 8.49 Å². The molecule has 0 bridgehead atoms. The third-order valence-corrected chi connectivity index (χ3v) is 4.48. The molecule has 2 nitrogen and oxygen atoms in total. The van der Waals surface area contributed by atoms with Gasteiger partial charge in [-0.05, 0) is 24.4 Å². The molecule has 0 saturated carbocycles. The summed E-state index contributed by atoms with van der Waals surface area (Å²) in [5.41, 5.74) is 0. The highest BCUT2D eigenvalue weighted by molar-refractivity contribution is 7.98. The van der Waals surface area contributed by atoms with E-state index in [-0.39, 0.29) is 6.10 Å². The van der Waals surface area contributed by atoms with Gasteiger partial charge in [-0.15, -0.1) is 0 Å². The highest BCUT2D eigenvalue weighted by atomic mass is 32.2. The lowest BCUT2D eigenvalue weighted by molar-refractivity contribution is 0.146. The van der Waals surface area contributed by atoms with Crippen molar-refractivity contribution in [3.05, 3.63) is 0 Å². The molecule has 0 rings (SSSR count). The average Bonchev–Trinajstić information content (AvgIpc) is 2.02. The lowest BCUT2D eigenvalue weighted by atomic mass is 10.0. The summed E-state index contributed by atoms with van der Waals surface area (Å²) in [6.07, 6.45) is 8.42. The summed E-state index contributed by atoms with van der Waals surface area (Å²) in [6, 6.07) is 0. The number of rotatable bonds is 7. The Morgan fingerprint density at radius 3 is 2.36 bits per heavy atom. The van der Waals surface area contributed by atoms with E-state index in [1.54, 1.807) is 0 Å². The molecule has 0 aliphatic heterocycles. The first kappa shape index (κ1) is 14.6. The fourth-order valence-electron chi connectivity index (χ4n) is 1.25. The van der Waals surface area contributed by atoms with E-state index in [9.17, 15) is 0 Å². The average molecular weight is 238 g/mol. The van der Waals surface area contributed by atoms with Crippen LogP contribution in [-0.4, -0.2) is 25.3 Å². The summed E-state index contributed by atoms with van der Waals surface area (Å²) in [7, 11) is -1.87. The monoisotopic (exact) mass is 238 g/mol. The maximum atomic E-state index is 5.94. The van der Waals surface area contributed by atoms with Crippen molar-refractivity contribution in [3.63, 3.8) is 0 Å². The van der Waals surface area contributed by atoms with E-state index in [2.05, 4.69) is 27.1 Å². The first-order valence-corrected chi connectivity index (χ1v) is 8.45. The van der Waals surface area contributed by atoms with E-state index in [0.717, 1.165) is 12.8 Å². The van der Waals surface area contributed by atoms with Crippen molar-refractivity contribution in [2.75, 3.05) is 12.9 Å². The molecule has 0 N–H and O–H groups in total. The van der Waals surface area contributed by atoms with Crippen LogP contribution in [0.15, 0.2) is 0 Å². The van der Waals surface area contributed by atoms with E-state index in [4.69, 9.17) is 8.49 Å². The standard InChI is InChI=1S/C10H23O2PS/c1-7-8-10(9(2)3)11-13(4,5)12-14-6/h9-10H,4,7-8H2,1-3,5-6H3. The van der Waals surface area contributed by atoms with Gasteiger partial charge < -0.3 is 4.52 Å². The summed E-state index contributed by atoms with van der Waals surface area (Å²) < 4.78 is 11.4. The van der Waals surface area contributed by atoms with E-state index in [0.29, 0.717) is 5.92 Å². The van der Waals surface area contributed by atoms with E-state index >= 15 is 0 Å². The minimum absolute atomic E-state index is 0.281. The Balaban J connectivity index is 4.20. The molecule has 86 valence electrons. The Bertz CT molecular complexity index is 195. The van der Waals surface area contributed by atoms with Gasteiger partial charge in [0.1, 0.15) is 7.34 Å². The summed E-state index contributed by atoms with van der Waals surface area (Å²) in [6.45, 7) is 8.50. The van der Waals surface area contributed by atoms with Gasteiger partial charge in [-0.2, -0.15) is 0 Å². The molecular formula is C10H23O2PS. The number of hydrogen-bond donors (Lipinski definition) is 0. The zero-order valence-corrected chi connectivity index (χ0v) is 11.7. The van der Waals surface area contributed by atoms with Gasteiger partial charge in [0, 0.05) is 12.9 Å². The molecule has 0 aromatic carbocycles. The van der Waals surface area contributed by atoms with Crippen molar-refractivity contribution >= 4 is 25.7 Å². The molecule has 0 radical (unpaired) electrons. The second-order valence-electron chi connectivity index (χ2n) is 3.93. The van der Waals surface area contributed by atoms with Gasteiger partial charge in [0.05, 0.1) is 6.10 Å². The lowest BCUT2D eigenvalue weighted by Crippen LogP contribution is -2.18. The highest BCUT2D eigenvalue weighted by Gasteiger charge is 2.19.